The van der Waals surface area contributed by atoms with Crippen LogP contribution in [-0.2, 0) is 0 Å². The number of nitrogens with one attached hydrogen (secondary N) is 2. The van der Waals surface area contributed by atoms with Crippen LogP contribution in [0, 0.1) is 0 Å². The molecule has 0 saturated heterocycles. The molecule has 0 spiro atoms. The highest BCUT2D eigenvalue weighted by molar-refractivity contribution is 8.01. The Hall–Kier alpha value is -0.840. The van der Waals surface area contributed by atoms with Gasteiger partial charge in [-0.15, -0.1) is 0 Å². The van der Waals surface area contributed by atoms with Gasteiger partial charge < -0.3 is 10.2 Å². The molecule has 2 N–H and O–H groups in total. The number of halogens is 1. The largest absolute Gasteiger partial charge is 0.488 e. The van der Waals surface area contributed by atoms with Crippen molar-refractivity contribution in [1.82, 2.24) is 10.3 Å². The number of benzene rings is 1. The first kappa shape index (κ1) is 8.47. The maximum Gasteiger partial charge on any atom is 0.129 e. The Bertz CT molecular complexity index is 433. The molecule has 3 nitrogen and oxygen atoms in total. The van der Waals surface area contributed by atoms with Gasteiger partial charge in [-0.05, 0) is 30.1 Å². The molecule has 2 heterocycles. The maximum absolute atomic E-state index is 5.93. The van der Waals surface area contributed by atoms with Gasteiger partial charge in [0, 0.05) is 10.6 Å². The van der Waals surface area contributed by atoms with Gasteiger partial charge in [0.25, 0.3) is 0 Å². The van der Waals surface area contributed by atoms with Crippen molar-refractivity contribution in [3.63, 3.8) is 0 Å². The maximum atomic E-state index is 5.93. The van der Waals surface area contributed by atoms with E-state index in [2.05, 4.69) is 10.3 Å². The lowest BCUT2D eigenvalue weighted by Gasteiger charge is -2.18. The fraction of sp³-hybridized carbons (Fsp3) is 0.111. The number of hydrogen-bond acceptors (Lipinski definition) is 4. The van der Waals surface area contributed by atoms with Crippen LogP contribution in [0.1, 0.15) is 5.56 Å². The van der Waals surface area contributed by atoms with Crippen molar-refractivity contribution < 1.29 is 4.74 Å². The molecule has 2 aliphatic heterocycles. The summed E-state index contributed by atoms with van der Waals surface area (Å²) in [5, 5.41) is 0.722. The van der Waals surface area contributed by atoms with Crippen LogP contribution in [0.4, 0.5) is 0 Å². The molecule has 1 aromatic carbocycles. The summed E-state index contributed by atoms with van der Waals surface area (Å²) in [6, 6.07) is 5.64. The van der Waals surface area contributed by atoms with Crippen molar-refractivity contribution in [3.05, 3.63) is 33.7 Å². The first-order chi connectivity index (χ1) is 6.84. The Morgan fingerprint density at radius 3 is 3.29 bits per heavy atom. The molecule has 0 radical (unpaired) electrons. The molecule has 1 aromatic rings. The van der Waals surface area contributed by atoms with Gasteiger partial charge in [0.2, 0.25) is 0 Å². The van der Waals surface area contributed by atoms with E-state index in [4.69, 9.17) is 16.3 Å². The van der Waals surface area contributed by atoms with E-state index < -0.39 is 0 Å². The SMILES string of the molecule is Clc1ccc2c(c1)C1=C(CO2)SNN1. The first-order valence-electron chi connectivity index (χ1n) is 4.18. The number of hydrazine groups is 1. The average Bonchev–Trinajstić information content (AvgIpc) is 2.65. The summed E-state index contributed by atoms with van der Waals surface area (Å²) < 4.78 is 5.58. The molecule has 0 atom stereocenters. The third kappa shape index (κ3) is 1.19. The Balaban J connectivity index is 2.18. The fourth-order valence-corrected chi connectivity index (χ4v) is 2.37. The summed E-state index contributed by atoms with van der Waals surface area (Å²) in [6.07, 6.45) is 0. The molecule has 0 amide bonds. The normalized spacial score (nSPS) is 18.4. The molecule has 14 heavy (non-hydrogen) atoms. The van der Waals surface area contributed by atoms with Crippen LogP contribution in [0.2, 0.25) is 5.02 Å². The molecule has 0 aliphatic carbocycles. The van der Waals surface area contributed by atoms with Crippen molar-refractivity contribution in [2.75, 3.05) is 6.61 Å². The Morgan fingerprint density at radius 2 is 2.36 bits per heavy atom. The van der Waals surface area contributed by atoms with Crippen LogP contribution >= 0.6 is 23.5 Å². The van der Waals surface area contributed by atoms with Gasteiger partial charge >= 0.3 is 0 Å². The van der Waals surface area contributed by atoms with E-state index in [1.54, 1.807) is 11.9 Å². The molecule has 0 saturated carbocycles. The number of ether oxygens (including phenoxy) is 1. The van der Waals surface area contributed by atoms with Crippen LogP contribution in [0.25, 0.3) is 5.70 Å². The van der Waals surface area contributed by atoms with Gasteiger partial charge in [-0.2, -0.15) is 4.83 Å². The summed E-state index contributed by atoms with van der Waals surface area (Å²) in [6.45, 7) is 0.620. The number of fused-ring (bicyclic) bond motifs is 2. The van der Waals surface area contributed by atoms with E-state index in [0.717, 1.165) is 22.0 Å². The topological polar surface area (TPSA) is 33.3 Å². The van der Waals surface area contributed by atoms with Gasteiger partial charge in [0.15, 0.2) is 0 Å². The Kier molecular flexibility index (Phi) is 1.87. The summed E-state index contributed by atoms with van der Waals surface area (Å²) in [4.78, 5) is 4.16. The third-order valence-corrected chi connectivity index (χ3v) is 3.21. The van der Waals surface area contributed by atoms with Crippen molar-refractivity contribution >= 4 is 29.2 Å². The van der Waals surface area contributed by atoms with Gasteiger partial charge in [-0.25, -0.2) is 0 Å². The van der Waals surface area contributed by atoms with Crippen LogP contribution in [0.15, 0.2) is 23.1 Å². The summed E-state index contributed by atoms with van der Waals surface area (Å²) in [5.74, 6) is 0.880. The standard InChI is InChI=1S/C9H7ClN2OS/c10-5-1-2-7-6(3-5)9-8(4-13-7)14-12-11-9/h1-3,11-12H,4H2. The zero-order chi connectivity index (χ0) is 9.54. The summed E-state index contributed by atoms with van der Waals surface area (Å²) in [7, 11) is 0. The van der Waals surface area contributed by atoms with E-state index in [0.29, 0.717) is 6.61 Å². The highest BCUT2D eigenvalue weighted by Crippen LogP contribution is 2.38. The molecular weight excluding hydrogens is 220 g/mol. The lowest BCUT2D eigenvalue weighted by atomic mass is 10.1. The zero-order valence-electron chi connectivity index (χ0n) is 7.13. The van der Waals surface area contributed by atoms with Crippen LogP contribution in [0.5, 0.6) is 5.75 Å². The van der Waals surface area contributed by atoms with Gasteiger partial charge in [-0.3, -0.25) is 0 Å². The molecule has 0 bridgehead atoms. The highest BCUT2D eigenvalue weighted by atomic mass is 35.5. The molecule has 72 valence electrons. The van der Waals surface area contributed by atoms with Crippen LogP contribution < -0.4 is 15.0 Å². The lowest BCUT2D eigenvalue weighted by molar-refractivity contribution is 0.354. The minimum absolute atomic E-state index is 0.620. The number of hydrogen-bond donors (Lipinski definition) is 2. The Morgan fingerprint density at radius 1 is 1.43 bits per heavy atom. The second-order valence-corrected chi connectivity index (χ2v) is 4.39. The average molecular weight is 227 g/mol. The Labute approximate surface area is 90.6 Å². The molecule has 0 fully saturated rings. The van der Waals surface area contributed by atoms with E-state index in [1.165, 1.54) is 4.91 Å². The smallest absolute Gasteiger partial charge is 0.129 e. The van der Waals surface area contributed by atoms with Crippen molar-refractivity contribution in [2.45, 2.75) is 0 Å². The van der Waals surface area contributed by atoms with E-state index in [1.807, 2.05) is 18.2 Å². The predicted molar refractivity (Wildman–Crippen MR) is 57.7 cm³/mol. The summed E-state index contributed by atoms with van der Waals surface area (Å²) >= 11 is 7.48. The minimum Gasteiger partial charge on any atom is -0.488 e. The first-order valence-corrected chi connectivity index (χ1v) is 5.38. The zero-order valence-corrected chi connectivity index (χ0v) is 8.71. The van der Waals surface area contributed by atoms with Crippen molar-refractivity contribution in [1.29, 1.82) is 0 Å². The quantitative estimate of drug-likeness (QED) is 0.665. The molecule has 3 rings (SSSR count). The van der Waals surface area contributed by atoms with Crippen molar-refractivity contribution in [3.8, 4) is 5.75 Å². The second-order valence-electron chi connectivity index (χ2n) is 3.06. The van der Waals surface area contributed by atoms with Crippen LogP contribution in [0.3, 0.4) is 0 Å². The van der Waals surface area contributed by atoms with Gasteiger partial charge in [0.05, 0.1) is 10.6 Å². The lowest BCUT2D eigenvalue weighted by Crippen LogP contribution is -2.19. The minimum atomic E-state index is 0.620. The van der Waals surface area contributed by atoms with Gasteiger partial charge in [-0.1, -0.05) is 11.6 Å². The van der Waals surface area contributed by atoms with E-state index >= 15 is 0 Å². The predicted octanol–water partition coefficient (Wildman–Crippen LogP) is 2.16. The fourth-order valence-electron chi connectivity index (χ4n) is 1.54. The molecular formula is C9H7ClN2OS. The molecule has 2 aliphatic rings. The van der Waals surface area contributed by atoms with Gasteiger partial charge in [0.1, 0.15) is 12.4 Å². The summed E-state index contributed by atoms with van der Waals surface area (Å²) in [5.41, 5.74) is 5.20. The van der Waals surface area contributed by atoms with Crippen molar-refractivity contribution in [2.24, 2.45) is 0 Å². The number of rotatable bonds is 0. The molecule has 5 heteroatoms. The molecule has 0 unspecified atom stereocenters. The van der Waals surface area contributed by atoms with E-state index in [-0.39, 0.29) is 0 Å². The third-order valence-electron chi connectivity index (χ3n) is 2.20. The second kappa shape index (κ2) is 3.08. The van der Waals surface area contributed by atoms with E-state index in [9.17, 15) is 0 Å². The monoisotopic (exact) mass is 226 g/mol. The van der Waals surface area contributed by atoms with Crippen LogP contribution in [-0.4, -0.2) is 6.61 Å². The highest BCUT2D eigenvalue weighted by Gasteiger charge is 2.24. The molecule has 0 aromatic heterocycles.